The minimum atomic E-state index is -0.754. The van der Waals surface area contributed by atoms with Gasteiger partial charge in [-0.05, 0) is 38.1 Å². The molecular formula is C12H15N3O3. The Balaban J connectivity index is 2.65. The highest BCUT2D eigenvalue weighted by molar-refractivity contribution is 6.39. The Bertz CT molecular complexity index is 466. The van der Waals surface area contributed by atoms with Crippen molar-refractivity contribution in [3.8, 4) is 0 Å². The van der Waals surface area contributed by atoms with E-state index in [-0.39, 0.29) is 6.04 Å². The summed E-state index contributed by atoms with van der Waals surface area (Å²) in [5.41, 5.74) is 5.83. The van der Waals surface area contributed by atoms with Gasteiger partial charge < -0.3 is 16.4 Å². The van der Waals surface area contributed by atoms with Gasteiger partial charge in [0.2, 0.25) is 5.91 Å². The van der Waals surface area contributed by atoms with Crippen LogP contribution in [0.4, 0.5) is 5.69 Å². The molecule has 0 aromatic heterocycles. The average molecular weight is 249 g/mol. The zero-order chi connectivity index (χ0) is 13.7. The summed E-state index contributed by atoms with van der Waals surface area (Å²) in [5, 5.41) is 4.88. The molecule has 1 aromatic carbocycles. The van der Waals surface area contributed by atoms with E-state index in [1.165, 1.54) is 24.3 Å². The van der Waals surface area contributed by atoms with Crippen LogP contribution in [0, 0.1) is 0 Å². The van der Waals surface area contributed by atoms with Gasteiger partial charge in [0.05, 0.1) is 0 Å². The van der Waals surface area contributed by atoms with Crippen LogP contribution >= 0.6 is 0 Å². The smallest absolute Gasteiger partial charge is 0.313 e. The van der Waals surface area contributed by atoms with Gasteiger partial charge in [-0.15, -0.1) is 0 Å². The van der Waals surface area contributed by atoms with Crippen LogP contribution in [-0.4, -0.2) is 23.8 Å². The normalized spacial score (nSPS) is 9.94. The van der Waals surface area contributed by atoms with E-state index >= 15 is 0 Å². The second-order valence-corrected chi connectivity index (χ2v) is 4.02. The minimum absolute atomic E-state index is 0.111. The second-order valence-electron chi connectivity index (χ2n) is 4.02. The minimum Gasteiger partial charge on any atom is -0.366 e. The van der Waals surface area contributed by atoms with Crippen molar-refractivity contribution >= 4 is 23.4 Å². The SMILES string of the molecule is CC(C)NC(=O)C(=O)Nc1ccc(C(N)=O)cc1. The first kappa shape index (κ1) is 13.7. The van der Waals surface area contributed by atoms with Gasteiger partial charge >= 0.3 is 11.8 Å². The van der Waals surface area contributed by atoms with Crippen molar-refractivity contribution in [2.24, 2.45) is 5.73 Å². The van der Waals surface area contributed by atoms with Gasteiger partial charge in [-0.25, -0.2) is 0 Å². The van der Waals surface area contributed by atoms with E-state index in [1.807, 2.05) is 0 Å². The lowest BCUT2D eigenvalue weighted by Gasteiger charge is -2.08. The van der Waals surface area contributed by atoms with Crippen LogP contribution in [0.1, 0.15) is 24.2 Å². The molecule has 0 fully saturated rings. The van der Waals surface area contributed by atoms with E-state index in [0.717, 1.165) is 0 Å². The number of benzene rings is 1. The fourth-order valence-electron chi connectivity index (χ4n) is 1.23. The molecule has 6 heteroatoms. The molecule has 6 nitrogen and oxygen atoms in total. The van der Waals surface area contributed by atoms with Crippen LogP contribution in [0.5, 0.6) is 0 Å². The topological polar surface area (TPSA) is 101 Å². The highest BCUT2D eigenvalue weighted by Gasteiger charge is 2.14. The van der Waals surface area contributed by atoms with Crippen LogP contribution in [0.3, 0.4) is 0 Å². The molecule has 96 valence electrons. The summed E-state index contributed by atoms with van der Waals surface area (Å²) in [6.45, 7) is 3.51. The third-order valence-corrected chi connectivity index (χ3v) is 2.05. The van der Waals surface area contributed by atoms with Gasteiger partial charge in [0, 0.05) is 17.3 Å². The Hall–Kier alpha value is -2.37. The predicted octanol–water partition coefficient (Wildman–Crippen LogP) is 0.249. The molecule has 0 atom stereocenters. The lowest BCUT2D eigenvalue weighted by molar-refractivity contribution is -0.136. The number of rotatable bonds is 3. The van der Waals surface area contributed by atoms with Crippen molar-refractivity contribution in [2.75, 3.05) is 5.32 Å². The van der Waals surface area contributed by atoms with Crippen molar-refractivity contribution in [2.45, 2.75) is 19.9 Å². The Kier molecular flexibility index (Phi) is 4.42. The van der Waals surface area contributed by atoms with Gasteiger partial charge in [0.25, 0.3) is 0 Å². The number of hydrogen-bond acceptors (Lipinski definition) is 3. The van der Waals surface area contributed by atoms with Crippen LogP contribution in [0.15, 0.2) is 24.3 Å². The Labute approximate surface area is 105 Å². The maximum Gasteiger partial charge on any atom is 0.313 e. The lowest BCUT2D eigenvalue weighted by atomic mass is 10.2. The number of carbonyl (C=O) groups is 3. The van der Waals surface area contributed by atoms with Crippen LogP contribution in [0.25, 0.3) is 0 Å². The Morgan fingerprint density at radius 1 is 1.06 bits per heavy atom. The summed E-state index contributed by atoms with van der Waals surface area (Å²) in [4.78, 5) is 33.6. The first-order chi connectivity index (χ1) is 8.40. The number of anilines is 1. The van der Waals surface area contributed by atoms with Crippen molar-refractivity contribution in [1.82, 2.24) is 5.32 Å². The number of amides is 3. The fourth-order valence-corrected chi connectivity index (χ4v) is 1.23. The van der Waals surface area contributed by atoms with Gasteiger partial charge in [-0.2, -0.15) is 0 Å². The molecule has 1 rings (SSSR count). The van der Waals surface area contributed by atoms with E-state index < -0.39 is 17.7 Å². The van der Waals surface area contributed by atoms with Crippen LogP contribution in [0.2, 0.25) is 0 Å². The van der Waals surface area contributed by atoms with E-state index in [0.29, 0.717) is 11.3 Å². The van der Waals surface area contributed by atoms with Crippen molar-refractivity contribution < 1.29 is 14.4 Å². The molecule has 0 aliphatic rings. The standard InChI is InChI=1S/C12H15N3O3/c1-7(2)14-11(17)12(18)15-9-5-3-8(4-6-9)10(13)16/h3-7H,1-2H3,(H2,13,16)(H,14,17)(H,15,18). The third-order valence-electron chi connectivity index (χ3n) is 2.05. The maximum absolute atomic E-state index is 11.5. The molecule has 4 N–H and O–H groups in total. The molecule has 1 aromatic rings. The molecule has 0 aliphatic carbocycles. The second kappa shape index (κ2) is 5.81. The molecule has 18 heavy (non-hydrogen) atoms. The van der Waals surface area contributed by atoms with Gasteiger partial charge in [0.1, 0.15) is 0 Å². The van der Waals surface area contributed by atoms with Crippen molar-refractivity contribution in [3.63, 3.8) is 0 Å². The summed E-state index contributed by atoms with van der Waals surface area (Å²) in [7, 11) is 0. The Morgan fingerprint density at radius 3 is 2.06 bits per heavy atom. The van der Waals surface area contributed by atoms with Crippen molar-refractivity contribution in [3.05, 3.63) is 29.8 Å². The van der Waals surface area contributed by atoms with Crippen LogP contribution < -0.4 is 16.4 Å². The van der Waals surface area contributed by atoms with Crippen molar-refractivity contribution in [1.29, 1.82) is 0 Å². The molecule has 0 bridgehead atoms. The van der Waals surface area contributed by atoms with E-state index in [2.05, 4.69) is 10.6 Å². The third kappa shape index (κ3) is 3.89. The number of hydrogen-bond donors (Lipinski definition) is 3. The highest BCUT2D eigenvalue weighted by atomic mass is 16.2. The fraction of sp³-hybridized carbons (Fsp3) is 0.250. The molecular weight excluding hydrogens is 234 g/mol. The quantitative estimate of drug-likeness (QED) is 0.669. The lowest BCUT2D eigenvalue weighted by Crippen LogP contribution is -2.39. The average Bonchev–Trinajstić information content (AvgIpc) is 2.28. The Morgan fingerprint density at radius 2 is 1.61 bits per heavy atom. The molecule has 0 aliphatic heterocycles. The van der Waals surface area contributed by atoms with Gasteiger partial charge in [-0.3, -0.25) is 14.4 Å². The molecule has 0 unspecified atom stereocenters. The molecule has 0 spiro atoms. The first-order valence-electron chi connectivity index (χ1n) is 5.42. The summed E-state index contributed by atoms with van der Waals surface area (Å²) in [6, 6.07) is 5.83. The largest absolute Gasteiger partial charge is 0.366 e. The maximum atomic E-state index is 11.5. The zero-order valence-corrected chi connectivity index (χ0v) is 10.2. The first-order valence-corrected chi connectivity index (χ1v) is 5.42. The molecule has 0 heterocycles. The van der Waals surface area contributed by atoms with Gasteiger partial charge in [0.15, 0.2) is 0 Å². The van der Waals surface area contributed by atoms with E-state index in [1.54, 1.807) is 13.8 Å². The predicted molar refractivity (Wildman–Crippen MR) is 66.9 cm³/mol. The molecule has 0 saturated carbocycles. The highest BCUT2D eigenvalue weighted by Crippen LogP contribution is 2.08. The summed E-state index contributed by atoms with van der Waals surface area (Å²) < 4.78 is 0. The van der Waals surface area contributed by atoms with Gasteiger partial charge in [-0.1, -0.05) is 0 Å². The molecule has 3 amide bonds. The zero-order valence-electron chi connectivity index (χ0n) is 10.2. The number of carbonyl (C=O) groups excluding carboxylic acids is 3. The number of primary amides is 1. The molecule has 0 radical (unpaired) electrons. The summed E-state index contributed by atoms with van der Waals surface area (Å²) >= 11 is 0. The van der Waals surface area contributed by atoms with E-state index in [4.69, 9.17) is 5.73 Å². The van der Waals surface area contributed by atoms with Crippen LogP contribution in [-0.2, 0) is 9.59 Å². The number of nitrogens with one attached hydrogen (secondary N) is 2. The summed E-state index contributed by atoms with van der Waals surface area (Å²) in [5.74, 6) is -2.01. The molecule has 0 saturated heterocycles. The summed E-state index contributed by atoms with van der Waals surface area (Å²) in [6.07, 6.45) is 0. The number of nitrogens with two attached hydrogens (primary N) is 1. The monoisotopic (exact) mass is 249 g/mol. The van der Waals surface area contributed by atoms with E-state index in [9.17, 15) is 14.4 Å².